The monoisotopic (exact) mass is 420 g/mol. The lowest BCUT2D eigenvalue weighted by molar-refractivity contribution is -0.131. The van der Waals surface area contributed by atoms with Gasteiger partial charge in [0.05, 0.1) is 5.92 Å². The summed E-state index contributed by atoms with van der Waals surface area (Å²) in [5.74, 6) is -1.78. The van der Waals surface area contributed by atoms with E-state index in [0.717, 1.165) is 43.1 Å². The number of hydrogen-bond acceptors (Lipinski definition) is 3. The van der Waals surface area contributed by atoms with E-state index in [0.29, 0.717) is 0 Å². The van der Waals surface area contributed by atoms with Crippen LogP contribution in [-0.2, 0) is 9.59 Å². The number of piperidine rings is 1. The van der Waals surface area contributed by atoms with Gasteiger partial charge in [-0.1, -0.05) is 55.8 Å². The highest BCUT2D eigenvalue weighted by molar-refractivity contribution is 5.86. The van der Waals surface area contributed by atoms with Crippen molar-refractivity contribution in [1.82, 2.24) is 0 Å². The molecule has 1 aliphatic rings. The Morgan fingerprint density at radius 1 is 1.06 bits per heavy atom. The topological polar surface area (TPSA) is 83.6 Å². The van der Waals surface area contributed by atoms with Crippen LogP contribution in [-0.4, -0.2) is 30.1 Å². The number of carboxylic acid groups (broad SMARTS) is 1. The molecule has 2 aromatic carbocycles. The molecule has 1 amide bonds. The van der Waals surface area contributed by atoms with Gasteiger partial charge in [-0.3, -0.25) is 4.79 Å². The summed E-state index contributed by atoms with van der Waals surface area (Å²) in [5, 5.41) is 8.83. The maximum absolute atomic E-state index is 12.7. The number of amides is 1. The predicted octanol–water partition coefficient (Wildman–Crippen LogP) is 4.93. The van der Waals surface area contributed by atoms with Crippen LogP contribution in [0.4, 0.5) is 5.69 Å². The highest BCUT2D eigenvalue weighted by atomic mass is 16.4. The number of nitrogens with zero attached hydrogens (tertiary/aromatic N) is 1. The zero-order chi connectivity index (χ0) is 22.2. The normalized spacial score (nSPS) is 16.2. The van der Waals surface area contributed by atoms with Crippen molar-refractivity contribution >= 4 is 23.6 Å². The van der Waals surface area contributed by atoms with Gasteiger partial charge in [-0.25, -0.2) is 4.79 Å². The highest BCUT2D eigenvalue weighted by Gasteiger charge is 2.31. The number of aliphatic carboxylic acids is 1. The number of carbonyl (C=O) groups is 2. The maximum Gasteiger partial charge on any atom is 0.328 e. The molecule has 0 saturated carbocycles. The Balaban J connectivity index is 1.98. The number of para-hydroxylation sites is 1. The van der Waals surface area contributed by atoms with E-state index in [-0.39, 0.29) is 11.8 Å². The molecule has 1 saturated heterocycles. The molecule has 31 heavy (non-hydrogen) atoms. The molecule has 0 aliphatic carbocycles. The lowest BCUT2D eigenvalue weighted by atomic mass is 9.77. The van der Waals surface area contributed by atoms with E-state index in [4.69, 9.17) is 10.8 Å². The van der Waals surface area contributed by atoms with Gasteiger partial charge in [-0.15, -0.1) is 0 Å². The first-order valence-electron chi connectivity index (χ1n) is 11.2. The van der Waals surface area contributed by atoms with Crippen LogP contribution in [0.25, 0.3) is 6.08 Å². The van der Waals surface area contributed by atoms with Crippen molar-refractivity contribution in [2.45, 2.75) is 50.9 Å². The third kappa shape index (κ3) is 5.75. The number of carboxylic acids is 1. The molecule has 3 N–H and O–H groups in total. The maximum atomic E-state index is 12.7. The molecule has 164 valence electrons. The molecule has 1 heterocycles. The quantitative estimate of drug-likeness (QED) is 0.564. The minimum Gasteiger partial charge on any atom is -0.478 e. The number of benzene rings is 2. The molecular weight excluding hydrogens is 388 g/mol. The fraction of sp³-hybridized carbons (Fsp3) is 0.385. The van der Waals surface area contributed by atoms with Crippen molar-refractivity contribution in [3.05, 3.63) is 71.3 Å². The first-order valence-corrected chi connectivity index (χ1v) is 11.2. The predicted molar refractivity (Wildman–Crippen MR) is 125 cm³/mol. The van der Waals surface area contributed by atoms with Crippen molar-refractivity contribution in [2.75, 3.05) is 18.0 Å². The van der Waals surface area contributed by atoms with Gasteiger partial charge in [0, 0.05) is 30.8 Å². The van der Waals surface area contributed by atoms with E-state index in [1.165, 1.54) is 30.5 Å². The molecule has 0 radical (unpaired) electrons. The lowest BCUT2D eigenvalue weighted by Crippen LogP contribution is -2.32. The largest absolute Gasteiger partial charge is 0.478 e. The van der Waals surface area contributed by atoms with E-state index in [1.54, 1.807) is 6.08 Å². The third-order valence-corrected chi connectivity index (χ3v) is 6.06. The van der Waals surface area contributed by atoms with E-state index >= 15 is 0 Å². The van der Waals surface area contributed by atoms with Gasteiger partial charge in [0.15, 0.2) is 0 Å². The molecule has 2 unspecified atom stereocenters. The highest BCUT2D eigenvalue weighted by Crippen LogP contribution is 2.41. The van der Waals surface area contributed by atoms with Gasteiger partial charge < -0.3 is 15.7 Å². The Hall–Kier alpha value is -3.08. The summed E-state index contributed by atoms with van der Waals surface area (Å²) >= 11 is 0. The molecule has 0 aromatic heterocycles. The zero-order valence-corrected chi connectivity index (χ0v) is 18.2. The summed E-state index contributed by atoms with van der Waals surface area (Å²) in [6.45, 7) is 4.22. The van der Waals surface area contributed by atoms with Crippen LogP contribution in [0.1, 0.15) is 67.6 Å². The van der Waals surface area contributed by atoms with E-state index in [2.05, 4.69) is 30.0 Å². The lowest BCUT2D eigenvalue weighted by Gasteiger charge is -2.34. The molecule has 5 heteroatoms. The van der Waals surface area contributed by atoms with Crippen LogP contribution in [0.3, 0.4) is 0 Å². The van der Waals surface area contributed by atoms with Crippen molar-refractivity contribution in [1.29, 1.82) is 0 Å². The molecule has 0 bridgehead atoms. The number of rotatable bonds is 9. The zero-order valence-electron chi connectivity index (χ0n) is 18.2. The van der Waals surface area contributed by atoms with Crippen LogP contribution in [0.15, 0.2) is 54.6 Å². The molecule has 1 fully saturated rings. The van der Waals surface area contributed by atoms with Gasteiger partial charge in [-0.2, -0.15) is 0 Å². The number of primary amides is 1. The summed E-state index contributed by atoms with van der Waals surface area (Å²) in [7, 11) is 0. The number of nitrogens with two attached hydrogens (primary N) is 1. The Morgan fingerprint density at radius 3 is 2.35 bits per heavy atom. The van der Waals surface area contributed by atoms with Crippen LogP contribution < -0.4 is 10.6 Å². The molecule has 0 spiro atoms. The fourth-order valence-corrected chi connectivity index (χ4v) is 4.61. The van der Waals surface area contributed by atoms with Crippen LogP contribution >= 0.6 is 0 Å². The second kappa shape index (κ2) is 10.8. The Bertz CT molecular complexity index is 915. The summed E-state index contributed by atoms with van der Waals surface area (Å²) in [5.41, 5.74) is 10.00. The van der Waals surface area contributed by atoms with E-state index < -0.39 is 11.9 Å². The van der Waals surface area contributed by atoms with Gasteiger partial charge >= 0.3 is 5.97 Å². The first-order chi connectivity index (χ1) is 15.0. The van der Waals surface area contributed by atoms with Crippen molar-refractivity contribution in [3.63, 3.8) is 0 Å². The Kier molecular flexibility index (Phi) is 7.88. The van der Waals surface area contributed by atoms with Gasteiger partial charge in [0.2, 0.25) is 5.91 Å². The number of hydrogen-bond donors (Lipinski definition) is 2. The summed E-state index contributed by atoms with van der Waals surface area (Å²) < 4.78 is 0. The third-order valence-electron chi connectivity index (χ3n) is 6.06. The first kappa shape index (κ1) is 22.6. The van der Waals surface area contributed by atoms with E-state index in [1.807, 2.05) is 30.3 Å². The van der Waals surface area contributed by atoms with E-state index in [9.17, 15) is 9.59 Å². The smallest absolute Gasteiger partial charge is 0.328 e. The molecular formula is C26H32N2O3. The van der Waals surface area contributed by atoms with Crippen LogP contribution in [0.2, 0.25) is 0 Å². The summed E-state index contributed by atoms with van der Waals surface area (Å²) in [6.07, 6.45) is 8.11. The molecule has 2 aromatic rings. The molecule has 5 nitrogen and oxygen atoms in total. The van der Waals surface area contributed by atoms with Crippen molar-refractivity contribution in [2.24, 2.45) is 5.73 Å². The van der Waals surface area contributed by atoms with Gasteiger partial charge in [0.25, 0.3) is 0 Å². The number of anilines is 1. The minimum atomic E-state index is -0.989. The second-order valence-electron chi connectivity index (χ2n) is 8.22. The standard InChI is InChI=1S/C26H32N2O3/c1-2-8-22(21-9-4-5-10-23(21)28-17-6-3-7-18-28)25(26(27)31)20-14-11-19(12-15-20)13-16-24(29)30/h4-5,9-16,22,25H,2-3,6-8,17-18H2,1H3,(H2,27,31)(H,29,30)/b16-13+. The molecule has 3 rings (SSSR count). The Labute approximate surface area is 184 Å². The number of carbonyl (C=O) groups excluding carboxylic acids is 1. The van der Waals surface area contributed by atoms with Crippen LogP contribution in [0.5, 0.6) is 0 Å². The average Bonchev–Trinajstić information content (AvgIpc) is 2.78. The average molecular weight is 421 g/mol. The Morgan fingerprint density at radius 2 is 1.74 bits per heavy atom. The summed E-state index contributed by atoms with van der Waals surface area (Å²) in [4.78, 5) is 25.9. The minimum absolute atomic E-state index is 0.0129. The second-order valence-corrected chi connectivity index (χ2v) is 8.22. The van der Waals surface area contributed by atoms with Crippen molar-refractivity contribution in [3.8, 4) is 0 Å². The fourth-order valence-electron chi connectivity index (χ4n) is 4.61. The van der Waals surface area contributed by atoms with Gasteiger partial charge in [0.1, 0.15) is 0 Å². The van der Waals surface area contributed by atoms with Crippen LogP contribution in [0, 0.1) is 0 Å². The molecule has 1 aliphatic heterocycles. The summed E-state index contributed by atoms with van der Waals surface area (Å²) in [6, 6.07) is 15.9. The SMILES string of the molecule is CCCC(c1ccccc1N1CCCCC1)C(C(N)=O)c1ccc(/C=C/C(=O)O)cc1. The van der Waals surface area contributed by atoms with Crippen molar-refractivity contribution < 1.29 is 14.7 Å². The molecule has 2 atom stereocenters. The van der Waals surface area contributed by atoms with Gasteiger partial charge in [-0.05, 0) is 54.5 Å².